The number of nitrogens with two attached hydrogens (primary N) is 1. The number of carbonyl (C=O) groups is 2. The maximum Gasteiger partial charge on any atom is 0.255 e. The molecule has 0 atom stereocenters. The van der Waals surface area contributed by atoms with E-state index in [0.717, 1.165) is 0 Å². The molecule has 2 aromatic rings. The van der Waals surface area contributed by atoms with Gasteiger partial charge in [-0.05, 0) is 42.8 Å². The Labute approximate surface area is 156 Å². The van der Waals surface area contributed by atoms with E-state index in [1.54, 1.807) is 18.2 Å². The Kier molecular flexibility index (Phi) is 6.43. The van der Waals surface area contributed by atoms with Crippen LogP contribution in [0, 0.1) is 11.2 Å². The Hall–Kier alpha value is -3.48. The summed E-state index contributed by atoms with van der Waals surface area (Å²) < 4.78 is 18.3. The first-order valence-corrected chi connectivity index (χ1v) is 8.10. The van der Waals surface area contributed by atoms with Crippen molar-refractivity contribution >= 4 is 29.2 Å². The molecule has 0 radical (unpaired) electrons. The van der Waals surface area contributed by atoms with Crippen molar-refractivity contribution < 1.29 is 18.7 Å². The van der Waals surface area contributed by atoms with Crippen molar-refractivity contribution in [3.05, 3.63) is 65.0 Å². The molecule has 0 unspecified atom stereocenters. The van der Waals surface area contributed by atoms with Gasteiger partial charge in [0.2, 0.25) is 0 Å². The average molecular weight is 369 g/mol. The normalized spacial score (nSPS) is 10.6. The van der Waals surface area contributed by atoms with E-state index in [9.17, 15) is 14.0 Å². The highest BCUT2D eigenvalue weighted by Crippen LogP contribution is 2.30. The Morgan fingerprint density at radius 2 is 1.89 bits per heavy atom. The van der Waals surface area contributed by atoms with Gasteiger partial charge in [0.1, 0.15) is 17.3 Å². The summed E-state index contributed by atoms with van der Waals surface area (Å²) in [6.45, 7) is 1.26. The van der Waals surface area contributed by atoms with E-state index in [1.807, 2.05) is 0 Å². The number of carbonyl (C=O) groups excluding carboxylic acids is 2. The lowest BCUT2D eigenvalue weighted by molar-refractivity contribution is -0.116. The lowest BCUT2D eigenvalue weighted by Gasteiger charge is -2.15. The highest BCUT2D eigenvalue weighted by Gasteiger charge is 2.20. The van der Waals surface area contributed by atoms with Crippen molar-refractivity contribution in [2.24, 2.45) is 0 Å². The fraction of sp³-hybridized carbons (Fsp3) is 0.150. The molecule has 6 nitrogen and oxygen atoms in total. The zero-order valence-electron chi connectivity index (χ0n) is 15.0. The lowest BCUT2D eigenvalue weighted by Crippen LogP contribution is -2.29. The van der Waals surface area contributed by atoms with E-state index in [-0.39, 0.29) is 46.4 Å². The number of anilines is 1. The molecule has 0 aliphatic heterocycles. The number of hydrogen-bond donors (Lipinski definition) is 3. The van der Waals surface area contributed by atoms with Crippen molar-refractivity contribution in [3.8, 4) is 5.75 Å². The molecule has 0 saturated carbocycles. The van der Waals surface area contributed by atoms with Crippen LogP contribution in [0.15, 0.2) is 42.5 Å². The second-order valence-electron chi connectivity index (χ2n) is 5.79. The molecule has 1 amide bonds. The minimum atomic E-state index is -0.501. The van der Waals surface area contributed by atoms with Crippen LogP contribution in [-0.4, -0.2) is 31.1 Å². The van der Waals surface area contributed by atoms with Gasteiger partial charge in [0.25, 0.3) is 5.91 Å². The van der Waals surface area contributed by atoms with E-state index in [4.69, 9.17) is 15.9 Å². The monoisotopic (exact) mass is 369 g/mol. The van der Waals surface area contributed by atoms with Crippen molar-refractivity contribution in [1.29, 1.82) is 5.41 Å². The maximum atomic E-state index is 13.0. The number of benzene rings is 2. The molecular formula is C20H20FN3O3. The number of ether oxygens (including phenoxy) is 1. The zero-order valence-corrected chi connectivity index (χ0v) is 15.0. The summed E-state index contributed by atoms with van der Waals surface area (Å²) in [5, 5.41) is 10.8. The van der Waals surface area contributed by atoms with Crippen LogP contribution in [0.25, 0.3) is 6.08 Å². The van der Waals surface area contributed by atoms with Gasteiger partial charge < -0.3 is 21.2 Å². The topological polar surface area (TPSA) is 105 Å². The second-order valence-corrected chi connectivity index (χ2v) is 5.79. The molecular weight excluding hydrogens is 349 g/mol. The fourth-order valence-electron chi connectivity index (χ4n) is 2.40. The van der Waals surface area contributed by atoms with Crippen molar-refractivity contribution in [2.75, 3.05) is 19.4 Å². The molecule has 0 bridgehead atoms. The quantitative estimate of drug-likeness (QED) is 0.515. The maximum absolute atomic E-state index is 13.0. The molecule has 27 heavy (non-hydrogen) atoms. The van der Waals surface area contributed by atoms with E-state index in [2.05, 4.69) is 5.32 Å². The van der Waals surface area contributed by atoms with E-state index in [1.165, 1.54) is 44.4 Å². The first-order chi connectivity index (χ1) is 12.8. The third kappa shape index (κ3) is 5.01. The molecule has 0 aliphatic carbocycles. The van der Waals surface area contributed by atoms with Crippen molar-refractivity contribution in [1.82, 2.24) is 5.32 Å². The van der Waals surface area contributed by atoms with Gasteiger partial charge in [-0.3, -0.25) is 9.59 Å². The molecule has 0 heterocycles. The lowest BCUT2D eigenvalue weighted by atomic mass is 10.0. The molecule has 140 valence electrons. The summed E-state index contributed by atoms with van der Waals surface area (Å²) in [5.74, 6) is -0.895. The number of amides is 1. The van der Waals surface area contributed by atoms with Gasteiger partial charge in [-0.25, -0.2) is 4.39 Å². The van der Waals surface area contributed by atoms with Gasteiger partial charge in [0.05, 0.1) is 30.5 Å². The van der Waals surface area contributed by atoms with Crippen molar-refractivity contribution in [2.45, 2.75) is 6.92 Å². The van der Waals surface area contributed by atoms with Crippen LogP contribution in [0.1, 0.15) is 28.4 Å². The number of nitrogen functional groups attached to an aromatic ring is 1. The summed E-state index contributed by atoms with van der Waals surface area (Å²) in [6.07, 6.45) is 3.11. The largest absolute Gasteiger partial charge is 0.495 e. The first-order valence-electron chi connectivity index (χ1n) is 8.10. The third-order valence-corrected chi connectivity index (χ3v) is 3.72. The minimum absolute atomic E-state index is 0.0230. The summed E-state index contributed by atoms with van der Waals surface area (Å²) in [7, 11) is 1.37. The molecule has 2 aromatic carbocycles. The molecule has 0 aromatic heterocycles. The number of methoxy groups -OCH3 is 1. The second kappa shape index (κ2) is 8.75. The van der Waals surface area contributed by atoms with Crippen LogP contribution < -0.4 is 15.8 Å². The van der Waals surface area contributed by atoms with Crippen molar-refractivity contribution in [3.63, 3.8) is 0 Å². The molecule has 0 aliphatic rings. The minimum Gasteiger partial charge on any atom is -0.495 e. The molecule has 4 N–H and O–H groups in total. The van der Waals surface area contributed by atoms with Gasteiger partial charge >= 0.3 is 0 Å². The molecule has 7 heteroatoms. The predicted octanol–water partition coefficient (Wildman–Crippen LogP) is 2.82. The van der Waals surface area contributed by atoms with Crippen LogP contribution in [0.4, 0.5) is 10.1 Å². The summed E-state index contributed by atoms with van der Waals surface area (Å²) in [4.78, 5) is 23.4. The van der Waals surface area contributed by atoms with E-state index >= 15 is 0 Å². The van der Waals surface area contributed by atoms with Gasteiger partial charge in [-0.1, -0.05) is 18.2 Å². The number of halogens is 1. The Balaban J connectivity index is 2.35. The Morgan fingerprint density at radius 1 is 1.22 bits per heavy atom. The molecule has 2 rings (SSSR count). The fourth-order valence-corrected chi connectivity index (χ4v) is 2.40. The standard InChI is InChI=1S/C20H20FN3O3/c1-12(25)11-24-20(26)15-8-10-17(23)18(19(15)27-2)16(22)9-5-13-3-6-14(21)7-4-13/h3-10,22H,11,23H2,1-2H3,(H,24,26)/b9-5+,22-16?. The van der Waals surface area contributed by atoms with Crippen LogP contribution in [0.3, 0.4) is 0 Å². The van der Waals surface area contributed by atoms with E-state index in [0.29, 0.717) is 5.56 Å². The third-order valence-electron chi connectivity index (χ3n) is 3.72. The zero-order chi connectivity index (χ0) is 20.0. The summed E-state index contributed by atoms with van der Waals surface area (Å²) in [5.41, 5.74) is 7.41. The van der Waals surface area contributed by atoms with Gasteiger partial charge in [0, 0.05) is 5.69 Å². The summed E-state index contributed by atoms with van der Waals surface area (Å²) >= 11 is 0. The number of nitrogens with one attached hydrogen (secondary N) is 2. The number of ketones is 1. The van der Waals surface area contributed by atoms with Gasteiger partial charge in [-0.2, -0.15) is 0 Å². The number of allylic oxidation sites excluding steroid dienone is 1. The van der Waals surface area contributed by atoms with Gasteiger partial charge in [-0.15, -0.1) is 0 Å². The van der Waals surface area contributed by atoms with E-state index < -0.39 is 5.91 Å². The highest BCUT2D eigenvalue weighted by molar-refractivity contribution is 6.16. The highest BCUT2D eigenvalue weighted by atomic mass is 19.1. The number of Topliss-reactive ketones (excluding diaryl/α,β-unsaturated/α-hetero) is 1. The van der Waals surface area contributed by atoms with Gasteiger partial charge in [0.15, 0.2) is 0 Å². The predicted molar refractivity (Wildman–Crippen MR) is 103 cm³/mol. The number of hydrogen-bond acceptors (Lipinski definition) is 5. The average Bonchev–Trinajstić information content (AvgIpc) is 2.64. The van der Waals surface area contributed by atoms with Crippen LogP contribution in [0.5, 0.6) is 5.75 Å². The van der Waals surface area contributed by atoms with Crippen LogP contribution in [0.2, 0.25) is 0 Å². The number of rotatable bonds is 7. The SMILES string of the molecule is COc1c(C(=O)NCC(C)=O)ccc(N)c1C(=N)/C=C/c1ccc(F)cc1. The first kappa shape index (κ1) is 19.8. The molecule has 0 fully saturated rings. The smallest absolute Gasteiger partial charge is 0.255 e. The Bertz CT molecular complexity index is 905. The molecule has 0 saturated heterocycles. The summed E-state index contributed by atoms with van der Waals surface area (Å²) in [6, 6.07) is 8.76. The molecule has 0 spiro atoms. The van der Waals surface area contributed by atoms with Crippen LogP contribution in [-0.2, 0) is 4.79 Å². The van der Waals surface area contributed by atoms with Crippen LogP contribution >= 0.6 is 0 Å². The Morgan fingerprint density at radius 3 is 2.48 bits per heavy atom.